The first kappa shape index (κ1) is 12.5. The molecule has 2 aromatic heterocycles. The number of tetrazole rings is 1. The van der Waals surface area contributed by atoms with E-state index >= 15 is 0 Å². The van der Waals surface area contributed by atoms with E-state index < -0.39 is 0 Å². The van der Waals surface area contributed by atoms with Crippen molar-refractivity contribution in [2.75, 3.05) is 5.32 Å². The molecule has 1 saturated carbocycles. The van der Waals surface area contributed by atoms with Gasteiger partial charge in [-0.05, 0) is 42.3 Å². The van der Waals surface area contributed by atoms with E-state index in [-0.39, 0.29) is 12.1 Å². The van der Waals surface area contributed by atoms with Crippen LogP contribution >= 0.6 is 0 Å². The van der Waals surface area contributed by atoms with Crippen LogP contribution in [0.2, 0.25) is 0 Å². The molecule has 8 heteroatoms. The van der Waals surface area contributed by atoms with Crippen LogP contribution in [0.4, 0.5) is 10.6 Å². The van der Waals surface area contributed by atoms with Gasteiger partial charge in [0.15, 0.2) is 5.82 Å². The zero-order valence-electron chi connectivity index (χ0n) is 11.0. The SMILES string of the molecule is C[C@H](NC(=O)Nc1ccccn1)c1nnnn1C1CC1. The Hall–Kier alpha value is -2.51. The molecule has 2 aromatic rings. The van der Waals surface area contributed by atoms with Crippen molar-refractivity contribution >= 4 is 11.8 Å². The zero-order chi connectivity index (χ0) is 13.9. The van der Waals surface area contributed by atoms with Crippen LogP contribution in [-0.2, 0) is 0 Å². The molecule has 0 aliphatic heterocycles. The fourth-order valence-corrected chi connectivity index (χ4v) is 1.92. The minimum Gasteiger partial charge on any atom is -0.328 e. The van der Waals surface area contributed by atoms with E-state index in [0.29, 0.717) is 17.7 Å². The smallest absolute Gasteiger partial charge is 0.320 e. The lowest BCUT2D eigenvalue weighted by Crippen LogP contribution is -2.32. The number of carbonyl (C=O) groups is 1. The van der Waals surface area contributed by atoms with Gasteiger partial charge in [-0.25, -0.2) is 14.5 Å². The molecule has 1 atom stereocenters. The number of anilines is 1. The summed E-state index contributed by atoms with van der Waals surface area (Å²) in [6.07, 6.45) is 3.79. The predicted molar refractivity (Wildman–Crippen MR) is 70.9 cm³/mol. The van der Waals surface area contributed by atoms with Crippen LogP contribution in [-0.4, -0.2) is 31.2 Å². The first-order valence-corrected chi connectivity index (χ1v) is 6.50. The Morgan fingerprint density at radius 3 is 3.00 bits per heavy atom. The lowest BCUT2D eigenvalue weighted by molar-refractivity contribution is 0.248. The van der Waals surface area contributed by atoms with Crippen molar-refractivity contribution in [1.82, 2.24) is 30.5 Å². The third kappa shape index (κ3) is 2.73. The summed E-state index contributed by atoms with van der Waals surface area (Å²) in [6.45, 7) is 1.85. The molecule has 0 bridgehead atoms. The number of pyridine rings is 1. The minimum absolute atomic E-state index is 0.269. The maximum atomic E-state index is 11.9. The Labute approximate surface area is 115 Å². The van der Waals surface area contributed by atoms with E-state index in [0.717, 1.165) is 12.8 Å². The third-order valence-electron chi connectivity index (χ3n) is 3.05. The maximum Gasteiger partial charge on any atom is 0.320 e. The number of nitrogens with one attached hydrogen (secondary N) is 2. The van der Waals surface area contributed by atoms with E-state index in [1.807, 2.05) is 6.92 Å². The molecule has 1 fully saturated rings. The topological polar surface area (TPSA) is 97.6 Å². The highest BCUT2D eigenvalue weighted by Gasteiger charge is 2.29. The normalized spacial score (nSPS) is 15.7. The highest BCUT2D eigenvalue weighted by Crippen LogP contribution is 2.35. The highest BCUT2D eigenvalue weighted by molar-refractivity contribution is 5.88. The Morgan fingerprint density at radius 2 is 2.30 bits per heavy atom. The lowest BCUT2D eigenvalue weighted by Gasteiger charge is -2.13. The fraction of sp³-hybridized carbons (Fsp3) is 0.417. The van der Waals surface area contributed by atoms with Crippen LogP contribution in [0.1, 0.15) is 37.7 Å². The maximum absolute atomic E-state index is 11.9. The molecule has 1 aliphatic carbocycles. The average Bonchev–Trinajstić information content (AvgIpc) is 3.16. The fourth-order valence-electron chi connectivity index (χ4n) is 1.92. The largest absolute Gasteiger partial charge is 0.328 e. The highest BCUT2D eigenvalue weighted by atomic mass is 16.2. The minimum atomic E-state index is -0.332. The second-order valence-electron chi connectivity index (χ2n) is 4.75. The quantitative estimate of drug-likeness (QED) is 0.874. The lowest BCUT2D eigenvalue weighted by atomic mass is 10.3. The van der Waals surface area contributed by atoms with E-state index in [9.17, 15) is 4.79 Å². The van der Waals surface area contributed by atoms with Crippen molar-refractivity contribution in [2.45, 2.75) is 31.8 Å². The van der Waals surface area contributed by atoms with Crippen molar-refractivity contribution in [3.05, 3.63) is 30.2 Å². The Morgan fingerprint density at radius 1 is 1.45 bits per heavy atom. The van der Waals surface area contributed by atoms with Gasteiger partial charge in [-0.15, -0.1) is 5.10 Å². The molecule has 2 amide bonds. The van der Waals surface area contributed by atoms with Crippen molar-refractivity contribution in [2.24, 2.45) is 0 Å². The van der Waals surface area contributed by atoms with Crippen LogP contribution in [0.25, 0.3) is 0 Å². The molecule has 0 unspecified atom stereocenters. The molecule has 0 saturated heterocycles. The number of aromatic nitrogens is 5. The van der Waals surface area contributed by atoms with Crippen molar-refractivity contribution in [1.29, 1.82) is 0 Å². The first-order chi connectivity index (χ1) is 9.74. The van der Waals surface area contributed by atoms with Crippen LogP contribution in [0.5, 0.6) is 0 Å². The van der Waals surface area contributed by atoms with Crippen LogP contribution < -0.4 is 10.6 Å². The number of urea groups is 1. The van der Waals surface area contributed by atoms with Crippen molar-refractivity contribution < 1.29 is 4.79 Å². The monoisotopic (exact) mass is 273 g/mol. The molecule has 8 nitrogen and oxygen atoms in total. The van der Waals surface area contributed by atoms with Gasteiger partial charge < -0.3 is 5.32 Å². The van der Waals surface area contributed by atoms with E-state index in [1.54, 1.807) is 29.1 Å². The molecule has 3 rings (SSSR count). The Bertz CT molecular complexity index is 593. The summed E-state index contributed by atoms with van der Waals surface area (Å²) >= 11 is 0. The van der Waals surface area contributed by atoms with Gasteiger partial charge in [-0.2, -0.15) is 0 Å². The van der Waals surface area contributed by atoms with Gasteiger partial charge >= 0.3 is 6.03 Å². The molecule has 0 radical (unpaired) electrons. The van der Waals surface area contributed by atoms with Crippen LogP contribution in [0.15, 0.2) is 24.4 Å². The molecular weight excluding hydrogens is 258 g/mol. The summed E-state index contributed by atoms with van der Waals surface area (Å²) in [4.78, 5) is 15.9. The number of amides is 2. The molecule has 0 aromatic carbocycles. The number of rotatable bonds is 4. The summed E-state index contributed by atoms with van der Waals surface area (Å²) in [5.74, 6) is 1.17. The van der Waals surface area contributed by atoms with E-state index in [2.05, 4.69) is 31.1 Å². The number of carbonyl (C=O) groups excluding carboxylic acids is 1. The number of nitrogens with zero attached hydrogens (tertiary/aromatic N) is 5. The molecule has 20 heavy (non-hydrogen) atoms. The summed E-state index contributed by atoms with van der Waals surface area (Å²) < 4.78 is 1.78. The standard InChI is InChI=1S/C12H15N7O/c1-8(11-16-17-18-19(11)9-5-6-9)14-12(20)15-10-4-2-3-7-13-10/h2-4,7-9H,5-6H2,1H3,(H2,13,14,15,20)/t8-/m0/s1. The summed E-state index contributed by atoms with van der Waals surface area (Å²) in [7, 11) is 0. The van der Waals surface area contributed by atoms with Crippen LogP contribution in [0.3, 0.4) is 0 Å². The van der Waals surface area contributed by atoms with Crippen LogP contribution in [0, 0.1) is 0 Å². The molecule has 0 spiro atoms. The van der Waals surface area contributed by atoms with Gasteiger partial charge in [-0.1, -0.05) is 6.07 Å². The van der Waals surface area contributed by atoms with Gasteiger partial charge in [0.2, 0.25) is 0 Å². The van der Waals surface area contributed by atoms with E-state index in [1.165, 1.54) is 0 Å². The van der Waals surface area contributed by atoms with Crippen molar-refractivity contribution in [3.63, 3.8) is 0 Å². The summed E-state index contributed by atoms with van der Waals surface area (Å²) in [6, 6.07) is 5.09. The molecule has 104 valence electrons. The molecule has 1 aliphatic rings. The Kier molecular flexibility index (Phi) is 3.28. The van der Waals surface area contributed by atoms with Gasteiger partial charge in [0.1, 0.15) is 5.82 Å². The van der Waals surface area contributed by atoms with Gasteiger partial charge in [0.25, 0.3) is 0 Å². The number of hydrogen-bond donors (Lipinski definition) is 2. The summed E-state index contributed by atoms with van der Waals surface area (Å²) in [5.41, 5.74) is 0. The molecular formula is C12H15N7O. The Balaban J connectivity index is 1.62. The predicted octanol–water partition coefficient (Wildman–Crippen LogP) is 1.29. The van der Waals surface area contributed by atoms with Gasteiger partial charge in [-0.3, -0.25) is 5.32 Å². The second kappa shape index (κ2) is 5.24. The van der Waals surface area contributed by atoms with Gasteiger partial charge in [0, 0.05) is 6.20 Å². The van der Waals surface area contributed by atoms with Crippen molar-refractivity contribution in [3.8, 4) is 0 Å². The van der Waals surface area contributed by atoms with Gasteiger partial charge in [0.05, 0.1) is 12.1 Å². The number of hydrogen-bond acceptors (Lipinski definition) is 5. The molecule has 2 heterocycles. The molecule has 2 N–H and O–H groups in total. The average molecular weight is 273 g/mol. The zero-order valence-corrected chi connectivity index (χ0v) is 11.0. The first-order valence-electron chi connectivity index (χ1n) is 6.50. The third-order valence-corrected chi connectivity index (χ3v) is 3.05. The van der Waals surface area contributed by atoms with E-state index in [4.69, 9.17) is 0 Å². The summed E-state index contributed by atoms with van der Waals surface area (Å²) in [5, 5.41) is 17.1. The second-order valence-corrected chi connectivity index (χ2v) is 4.75.